The molecule has 1 saturated heterocycles. The van der Waals surface area contributed by atoms with Gasteiger partial charge in [0.05, 0.1) is 19.1 Å². The maximum atomic E-state index is 11.2. The van der Waals surface area contributed by atoms with Crippen LogP contribution in [0.3, 0.4) is 0 Å². The Morgan fingerprint density at radius 2 is 1.81 bits per heavy atom. The third-order valence-electron chi connectivity index (χ3n) is 7.70. The van der Waals surface area contributed by atoms with E-state index in [1.807, 2.05) is 18.2 Å². The monoisotopic (exact) mass is 442 g/mol. The molecule has 1 aromatic heterocycles. The summed E-state index contributed by atoms with van der Waals surface area (Å²) < 4.78 is 17.7. The van der Waals surface area contributed by atoms with Gasteiger partial charge in [0, 0.05) is 6.54 Å². The van der Waals surface area contributed by atoms with E-state index in [4.69, 9.17) is 14.0 Å². The Balaban J connectivity index is 1.10. The van der Waals surface area contributed by atoms with Crippen molar-refractivity contribution < 1.29 is 23.9 Å². The molecule has 2 unspecified atom stereocenters. The van der Waals surface area contributed by atoms with Gasteiger partial charge in [-0.25, -0.2) is 0 Å². The predicted octanol–water partition coefficient (Wildman–Crippen LogP) is 4.60. The SMILES string of the molecule is O=C(O)C1CCC(CN2CCC(COc3noc4cccc(OCC5CCC5)c34)CC2)C1. The quantitative estimate of drug-likeness (QED) is 0.607. The number of piperidine rings is 1. The molecule has 2 aromatic rings. The van der Waals surface area contributed by atoms with Gasteiger partial charge in [-0.05, 0) is 93.1 Å². The van der Waals surface area contributed by atoms with E-state index in [1.54, 1.807) is 0 Å². The molecule has 0 radical (unpaired) electrons. The van der Waals surface area contributed by atoms with Gasteiger partial charge in [-0.1, -0.05) is 12.5 Å². The molecule has 0 amide bonds. The zero-order chi connectivity index (χ0) is 21.9. The molecule has 5 rings (SSSR count). The number of likely N-dealkylation sites (tertiary alicyclic amines) is 1. The number of carbonyl (C=O) groups is 1. The fourth-order valence-electron chi connectivity index (χ4n) is 5.38. The number of hydrogen-bond acceptors (Lipinski definition) is 6. The Morgan fingerprint density at radius 1 is 1.03 bits per heavy atom. The van der Waals surface area contributed by atoms with Crippen molar-refractivity contribution in [2.24, 2.45) is 23.7 Å². The molecule has 1 aromatic carbocycles. The van der Waals surface area contributed by atoms with Crippen molar-refractivity contribution in [3.05, 3.63) is 18.2 Å². The van der Waals surface area contributed by atoms with Gasteiger partial charge in [-0.3, -0.25) is 4.79 Å². The Kier molecular flexibility index (Phi) is 6.53. The molecule has 7 nitrogen and oxygen atoms in total. The van der Waals surface area contributed by atoms with Crippen LogP contribution >= 0.6 is 0 Å². The topological polar surface area (TPSA) is 85.0 Å². The van der Waals surface area contributed by atoms with Gasteiger partial charge in [-0.2, -0.15) is 0 Å². The Hall–Kier alpha value is -2.28. The van der Waals surface area contributed by atoms with E-state index in [0.717, 1.165) is 69.5 Å². The maximum absolute atomic E-state index is 11.2. The van der Waals surface area contributed by atoms with E-state index in [9.17, 15) is 9.90 Å². The lowest BCUT2D eigenvalue weighted by Crippen LogP contribution is -2.38. The predicted molar refractivity (Wildman–Crippen MR) is 120 cm³/mol. The van der Waals surface area contributed by atoms with Crippen LogP contribution < -0.4 is 9.47 Å². The van der Waals surface area contributed by atoms with Gasteiger partial charge >= 0.3 is 5.97 Å². The molecule has 2 aliphatic carbocycles. The van der Waals surface area contributed by atoms with Crippen molar-refractivity contribution in [2.75, 3.05) is 32.8 Å². The number of benzene rings is 1. The molecule has 7 heteroatoms. The highest BCUT2D eigenvalue weighted by atomic mass is 16.5. The normalized spacial score (nSPS) is 25.1. The molecule has 32 heavy (non-hydrogen) atoms. The van der Waals surface area contributed by atoms with Gasteiger partial charge in [-0.15, -0.1) is 0 Å². The minimum absolute atomic E-state index is 0.134. The summed E-state index contributed by atoms with van der Waals surface area (Å²) >= 11 is 0. The Morgan fingerprint density at radius 3 is 2.53 bits per heavy atom. The second-order valence-electron chi connectivity index (χ2n) is 9.99. The van der Waals surface area contributed by atoms with Gasteiger partial charge in [0.15, 0.2) is 5.58 Å². The fraction of sp³-hybridized carbons (Fsp3) is 0.680. The largest absolute Gasteiger partial charge is 0.492 e. The number of hydrogen-bond donors (Lipinski definition) is 1. The molecular weight excluding hydrogens is 408 g/mol. The van der Waals surface area contributed by atoms with E-state index in [-0.39, 0.29) is 5.92 Å². The fourth-order valence-corrected chi connectivity index (χ4v) is 5.38. The first-order valence-electron chi connectivity index (χ1n) is 12.2. The number of carboxylic acids is 1. The third-order valence-corrected chi connectivity index (χ3v) is 7.70. The van der Waals surface area contributed by atoms with Crippen molar-refractivity contribution >= 4 is 16.9 Å². The van der Waals surface area contributed by atoms with Crippen LogP contribution in [0.1, 0.15) is 51.4 Å². The smallest absolute Gasteiger partial charge is 0.306 e. The van der Waals surface area contributed by atoms with Crippen LogP contribution in [0.5, 0.6) is 11.6 Å². The van der Waals surface area contributed by atoms with Gasteiger partial charge < -0.3 is 24.0 Å². The summed E-state index contributed by atoms with van der Waals surface area (Å²) in [6.07, 6.45) is 8.72. The molecule has 174 valence electrons. The van der Waals surface area contributed by atoms with Crippen LogP contribution in [0.15, 0.2) is 22.7 Å². The first-order chi connectivity index (χ1) is 15.7. The van der Waals surface area contributed by atoms with E-state index in [0.29, 0.717) is 35.8 Å². The highest BCUT2D eigenvalue weighted by Crippen LogP contribution is 2.36. The van der Waals surface area contributed by atoms with Crippen molar-refractivity contribution in [3.8, 4) is 11.6 Å². The zero-order valence-electron chi connectivity index (χ0n) is 18.7. The molecule has 2 heterocycles. The first kappa shape index (κ1) is 21.6. The van der Waals surface area contributed by atoms with Crippen molar-refractivity contribution in [1.29, 1.82) is 0 Å². The number of ether oxygens (including phenoxy) is 2. The molecule has 2 atom stereocenters. The lowest BCUT2D eigenvalue weighted by Gasteiger charge is -2.33. The van der Waals surface area contributed by atoms with Crippen molar-refractivity contribution in [2.45, 2.75) is 51.4 Å². The summed E-state index contributed by atoms with van der Waals surface area (Å²) in [5.74, 6) is 2.28. The third kappa shape index (κ3) is 4.87. The summed E-state index contributed by atoms with van der Waals surface area (Å²) in [5, 5.41) is 14.2. The van der Waals surface area contributed by atoms with Crippen LogP contribution in [-0.2, 0) is 4.79 Å². The van der Waals surface area contributed by atoms with Gasteiger partial charge in [0.1, 0.15) is 11.1 Å². The molecule has 3 aliphatic rings. The van der Waals surface area contributed by atoms with E-state index < -0.39 is 5.97 Å². The number of fused-ring (bicyclic) bond motifs is 1. The van der Waals surface area contributed by atoms with Crippen LogP contribution in [0.4, 0.5) is 0 Å². The van der Waals surface area contributed by atoms with Crippen molar-refractivity contribution in [3.63, 3.8) is 0 Å². The lowest BCUT2D eigenvalue weighted by molar-refractivity contribution is -0.141. The van der Waals surface area contributed by atoms with E-state index in [1.165, 1.54) is 19.3 Å². The highest BCUT2D eigenvalue weighted by molar-refractivity contribution is 5.88. The zero-order valence-corrected chi connectivity index (χ0v) is 18.7. The van der Waals surface area contributed by atoms with Crippen LogP contribution in [-0.4, -0.2) is 54.0 Å². The average Bonchev–Trinajstić information content (AvgIpc) is 3.40. The number of nitrogens with zero attached hydrogens (tertiary/aromatic N) is 2. The van der Waals surface area contributed by atoms with Crippen LogP contribution in [0.2, 0.25) is 0 Å². The number of carboxylic acid groups (broad SMARTS) is 1. The molecular formula is C25H34N2O5. The number of rotatable bonds is 9. The van der Waals surface area contributed by atoms with Gasteiger partial charge in [0.25, 0.3) is 5.88 Å². The van der Waals surface area contributed by atoms with Crippen LogP contribution in [0, 0.1) is 23.7 Å². The molecule has 1 N–H and O–H groups in total. The minimum Gasteiger partial charge on any atom is -0.492 e. The summed E-state index contributed by atoms with van der Waals surface area (Å²) in [6.45, 7) is 4.52. The standard InChI is InChI=1S/C25H34N2O5/c28-25(29)20-8-7-19(13-20)14-27-11-9-18(10-12-27)16-31-24-23-21(30-15-17-3-1-4-17)5-2-6-22(23)32-26-24/h2,5-6,17-20H,1,3-4,7-16H2,(H,28,29). The molecule has 0 bridgehead atoms. The van der Waals surface area contributed by atoms with Gasteiger partial charge in [0.2, 0.25) is 0 Å². The number of aliphatic carboxylic acids is 1. The summed E-state index contributed by atoms with van der Waals surface area (Å²) in [5.41, 5.74) is 0.706. The molecule has 2 saturated carbocycles. The summed E-state index contributed by atoms with van der Waals surface area (Å²) in [4.78, 5) is 13.7. The average molecular weight is 443 g/mol. The van der Waals surface area contributed by atoms with E-state index in [2.05, 4.69) is 10.1 Å². The number of aromatic nitrogens is 1. The summed E-state index contributed by atoms with van der Waals surface area (Å²) in [6, 6.07) is 5.81. The van der Waals surface area contributed by atoms with Crippen LogP contribution in [0.25, 0.3) is 11.0 Å². The minimum atomic E-state index is -0.625. The molecule has 3 fully saturated rings. The summed E-state index contributed by atoms with van der Waals surface area (Å²) in [7, 11) is 0. The Labute approximate surface area is 189 Å². The second-order valence-corrected chi connectivity index (χ2v) is 9.99. The maximum Gasteiger partial charge on any atom is 0.306 e. The molecule has 0 spiro atoms. The first-order valence-corrected chi connectivity index (χ1v) is 12.2. The highest BCUT2D eigenvalue weighted by Gasteiger charge is 2.31. The van der Waals surface area contributed by atoms with E-state index >= 15 is 0 Å². The molecule has 1 aliphatic heterocycles. The van der Waals surface area contributed by atoms with Crippen molar-refractivity contribution in [1.82, 2.24) is 10.1 Å². The lowest BCUT2D eigenvalue weighted by atomic mass is 9.86. The second kappa shape index (κ2) is 9.69. The Bertz CT molecular complexity index is 916.